The fraction of sp³-hybridized carbons (Fsp3) is 0. The SMILES string of the molecule is NC(=S)NN=Cc1ccccc1-c1ccccc1Cl. The van der Waals surface area contributed by atoms with Crippen LogP contribution in [0.4, 0.5) is 0 Å². The Balaban J connectivity index is 2.39. The summed E-state index contributed by atoms with van der Waals surface area (Å²) in [6.07, 6.45) is 1.66. The summed E-state index contributed by atoms with van der Waals surface area (Å²) in [4.78, 5) is 0. The molecule has 3 N–H and O–H groups in total. The lowest BCUT2D eigenvalue weighted by Gasteiger charge is -2.07. The first kappa shape index (κ1) is 13.5. The van der Waals surface area contributed by atoms with Crippen molar-refractivity contribution in [3.63, 3.8) is 0 Å². The van der Waals surface area contributed by atoms with Crippen molar-refractivity contribution in [1.29, 1.82) is 0 Å². The molecule has 0 saturated heterocycles. The number of nitrogens with zero attached hydrogens (tertiary/aromatic N) is 1. The third-order valence-corrected chi connectivity index (χ3v) is 2.92. The van der Waals surface area contributed by atoms with Gasteiger partial charge < -0.3 is 5.73 Å². The predicted octanol–water partition coefficient (Wildman–Crippen LogP) is 3.17. The third kappa shape index (κ3) is 3.53. The van der Waals surface area contributed by atoms with Gasteiger partial charge in [-0.15, -0.1) is 0 Å². The van der Waals surface area contributed by atoms with E-state index in [0.717, 1.165) is 16.7 Å². The average molecular weight is 290 g/mol. The standard InChI is InChI=1S/C14H12ClN3S/c15-13-8-4-3-7-12(13)11-6-2-1-5-10(11)9-17-18-14(16)19/h1-9H,(H3,16,18,19). The summed E-state index contributed by atoms with van der Waals surface area (Å²) < 4.78 is 0. The highest BCUT2D eigenvalue weighted by Crippen LogP contribution is 2.29. The summed E-state index contributed by atoms with van der Waals surface area (Å²) in [6, 6.07) is 15.5. The van der Waals surface area contributed by atoms with Crippen LogP contribution in [0.3, 0.4) is 0 Å². The van der Waals surface area contributed by atoms with Crippen LogP contribution in [0.2, 0.25) is 5.02 Å². The number of hydrogen-bond acceptors (Lipinski definition) is 2. The van der Waals surface area contributed by atoms with Gasteiger partial charge in [-0.1, -0.05) is 54.1 Å². The Labute approximate surface area is 122 Å². The molecule has 0 aliphatic heterocycles. The monoisotopic (exact) mass is 289 g/mol. The molecule has 0 aliphatic rings. The average Bonchev–Trinajstić information content (AvgIpc) is 2.40. The maximum Gasteiger partial charge on any atom is 0.184 e. The first-order valence-electron chi connectivity index (χ1n) is 5.61. The fourth-order valence-corrected chi connectivity index (χ4v) is 1.99. The van der Waals surface area contributed by atoms with Crippen molar-refractivity contribution in [2.75, 3.05) is 0 Å². The molecule has 0 unspecified atom stereocenters. The number of rotatable bonds is 3. The Hall–Kier alpha value is -1.91. The molecule has 2 rings (SSSR count). The van der Waals surface area contributed by atoms with Crippen molar-refractivity contribution in [3.8, 4) is 11.1 Å². The molecule has 2 aromatic carbocycles. The molecule has 0 aliphatic carbocycles. The second kappa shape index (κ2) is 6.31. The van der Waals surface area contributed by atoms with Gasteiger partial charge in [0.1, 0.15) is 0 Å². The number of hydrazone groups is 1. The molecule has 0 radical (unpaired) electrons. The van der Waals surface area contributed by atoms with Gasteiger partial charge in [-0.25, -0.2) is 0 Å². The number of hydrogen-bond donors (Lipinski definition) is 2. The Morgan fingerprint density at radius 1 is 1.11 bits per heavy atom. The lowest BCUT2D eigenvalue weighted by molar-refractivity contribution is 1.04. The normalized spacial score (nSPS) is 10.6. The molecule has 0 fully saturated rings. The molecule has 0 amide bonds. The minimum atomic E-state index is 0.131. The summed E-state index contributed by atoms with van der Waals surface area (Å²) in [5.41, 5.74) is 10.7. The summed E-state index contributed by atoms with van der Waals surface area (Å²) >= 11 is 10.9. The lowest BCUT2D eigenvalue weighted by atomic mass is 10.0. The third-order valence-electron chi connectivity index (χ3n) is 2.50. The molecule has 0 atom stereocenters. The van der Waals surface area contributed by atoms with Crippen LogP contribution in [0.1, 0.15) is 5.56 Å². The number of nitrogens with one attached hydrogen (secondary N) is 1. The number of thiocarbonyl (C=S) groups is 1. The van der Waals surface area contributed by atoms with Crippen LogP contribution >= 0.6 is 23.8 Å². The molecule has 0 saturated carbocycles. The smallest absolute Gasteiger partial charge is 0.184 e. The van der Waals surface area contributed by atoms with E-state index in [9.17, 15) is 0 Å². The number of halogens is 1. The summed E-state index contributed by atoms with van der Waals surface area (Å²) in [5, 5.41) is 4.80. The quantitative estimate of drug-likeness (QED) is 0.518. The molecular weight excluding hydrogens is 278 g/mol. The van der Waals surface area contributed by atoms with Crippen LogP contribution in [0.15, 0.2) is 53.6 Å². The lowest BCUT2D eigenvalue weighted by Crippen LogP contribution is -2.24. The van der Waals surface area contributed by atoms with E-state index in [2.05, 4.69) is 22.7 Å². The maximum absolute atomic E-state index is 6.21. The highest BCUT2D eigenvalue weighted by molar-refractivity contribution is 7.80. The number of nitrogens with two attached hydrogens (primary N) is 1. The van der Waals surface area contributed by atoms with E-state index >= 15 is 0 Å². The van der Waals surface area contributed by atoms with Crippen molar-refractivity contribution in [3.05, 3.63) is 59.1 Å². The Kier molecular flexibility index (Phi) is 4.49. The van der Waals surface area contributed by atoms with Crippen molar-refractivity contribution in [1.82, 2.24) is 5.43 Å². The minimum Gasteiger partial charge on any atom is -0.375 e. The topological polar surface area (TPSA) is 50.4 Å². The molecule has 96 valence electrons. The zero-order chi connectivity index (χ0) is 13.7. The molecular formula is C14H12ClN3S. The van der Waals surface area contributed by atoms with E-state index in [1.165, 1.54) is 0 Å². The first-order valence-corrected chi connectivity index (χ1v) is 6.39. The van der Waals surface area contributed by atoms with Gasteiger partial charge in [-0.05, 0) is 23.8 Å². The Bertz CT molecular complexity index is 626. The van der Waals surface area contributed by atoms with Crippen molar-refractivity contribution < 1.29 is 0 Å². The second-order valence-electron chi connectivity index (χ2n) is 3.80. The predicted molar refractivity (Wildman–Crippen MR) is 84.4 cm³/mol. The van der Waals surface area contributed by atoms with E-state index in [0.29, 0.717) is 5.02 Å². The summed E-state index contributed by atoms with van der Waals surface area (Å²) in [6.45, 7) is 0. The fourth-order valence-electron chi connectivity index (χ4n) is 1.70. The highest BCUT2D eigenvalue weighted by atomic mass is 35.5. The second-order valence-corrected chi connectivity index (χ2v) is 4.65. The van der Waals surface area contributed by atoms with Crippen LogP contribution in [-0.4, -0.2) is 11.3 Å². The van der Waals surface area contributed by atoms with E-state index < -0.39 is 0 Å². The summed E-state index contributed by atoms with van der Waals surface area (Å²) in [5.74, 6) is 0. The van der Waals surface area contributed by atoms with Gasteiger partial charge in [0, 0.05) is 16.1 Å². The van der Waals surface area contributed by atoms with E-state index in [-0.39, 0.29) is 5.11 Å². The van der Waals surface area contributed by atoms with Gasteiger partial charge >= 0.3 is 0 Å². The van der Waals surface area contributed by atoms with Crippen molar-refractivity contribution >= 4 is 35.1 Å². The minimum absolute atomic E-state index is 0.131. The van der Waals surface area contributed by atoms with E-state index in [4.69, 9.17) is 17.3 Å². The molecule has 3 nitrogen and oxygen atoms in total. The Morgan fingerprint density at radius 3 is 2.42 bits per heavy atom. The van der Waals surface area contributed by atoms with Gasteiger partial charge in [0.05, 0.1) is 6.21 Å². The molecule has 2 aromatic rings. The van der Waals surface area contributed by atoms with Crippen LogP contribution in [0.25, 0.3) is 11.1 Å². The molecule has 5 heteroatoms. The zero-order valence-corrected chi connectivity index (χ0v) is 11.6. The molecule has 0 bridgehead atoms. The van der Waals surface area contributed by atoms with Crippen molar-refractivity contribution in [2.24, 2.45) is 10.8 Å². The molecule has 19 heavy (non-hydrogen) atoms. The van der Waals surface area contributed by atoms with E-state index in [1.807, 2.05) is 48.5 Å². The molecule has 0 heterocycles. The van der Waals surface area contributed by atoms with Crippen molar-refractivity contribution in [2.45, 2.75) is 0 Å². The van der Waals surface area contributed by atoms with Gasteiger partial charge in [0.25, 0.3) is 0 Å². The van der Waals surface area contributed by atoms with E-state index in [1.54, 1.807) is 6.21 Å². The van der Waals surface area contributed by atoms with Gasteiger partial charge in [0.2, 0.25) is 0 Å². The Morgan fingerprint density at radius 2 is 1.74 bits per heavy atom. The van der Waals surface area contributed by atoms with Crippen LogP contribution < -0.4 is 11.2 Å². The van der Waals surface area contributed by atoms with Gasteiger partial charge in [-0.2, -0.15) is 5.10 Å². The van der Waals surface area contributed by atoms with Crippen LogP contribution in [0.5, 0.6) is 0 Å². The van der Waals surface area contributed by atoms with Gasteiger partial charge in [0.15, 0.2) is 5.11 Å². The zero-order valence-electron chi connectivity index (χ0n) is 10.0. The highest BCUT2D eigenvalue weighted by Gasteiger charge is 2.06. The molecule has 0 spiro atoms. The largest absolute Gasteiger partial charge is 0.375 e. The number of benzene rings is 2. The maximum atomic E-state index is 6.21. The summed E-state index contributed by atoms with van der Waals surface area (Å²) in [7, 11) is 0. The van der Waals surface area contributed by atoms with Crippen LogP contribution in [-0.2, 0) is 0 Å². The van der Waals surface area contributed by atoms with Gasteiger partial charge in [-0.3, -0.25) is 5.43 Å². The molecule has 0 aromatic heterocycles. The first-order chi connectivity index (χ1) is 9.18. The van der Waals surface area contributed by atoms with Crippen LogP contribution in [0, 0.1) is 0 Å².